The van der Waals surface area contributed by atoms with Gasteiger partial charge >= 0.3 is 6.03 Å². The molecule has 3 rings (SSSR count). The van der Waals surface area contributed by atoms with Crippen molar-refractivity contribution in [2.45, 2.75) is 6.23 Å². The zero-order chi connectivity index (χ0) is 14.7. The van der Waals surface area contributed by atoms with E-state index in [1.807, 2.05) is 42.5 Å². The van der Waals surface area contributed by atoms with E-state index in [4.69, 9.17) is 16.3 Å². The van der Waals surface area contributed by atoms with Gasteiger partial charge in [-0.1, -0.05) is 41.9 Å². The van der Waals surface area contributed by atoms with Crippen LogP contribution in [0.25, 0.3) is 0 Å². The lowest BCUT2D eigenvalue weighted by molar-refractivity contribution is 0.0522. The lowest BCUT2D eigenvalue weighted by Gasteiger charge is -2.23. The Hall–Kier alpha value is -2.04. The fraction of sp³-hybridized carbons (Fsp3) is 0.188. The third-order valence-electron chi connectivity index (χ3n) is 3.33. The van der Waals surface area contributed by atoms with Gasteiger partial charge in [-0.15, -0.1) is 0 Å². The van der Waals surface area contributed by atoms with E-state index >= 15 is 0 Å². The molecule has 0 radical (unpaired) electrons. The molecule has 4 nitrogen and oxygen atoms in total. The number of rotatable bonds is 2. The Morgan fingerprint density at radius 1 is 1.14 bits per heavy atom. The number of halogens is 1. The minimum atomic E-state index is -0.369. The Morgan fingerprint density at radius 2 is 1.86 bits per heavy atom. The number of nitrogens with one attached hydrogen (secondary N) is 1. The molecule has 1 atom stereocenters. The number of hydrogen-bond acceptors (Lipinski definition) is 2. The van der Waals surface area contributed by atoms with Gasteiger partial charge in [0.15, 0.2) is 6.23 Å². The largest absolute Gasteiger partial charge is 0.352 e. The van der Waals surface area contributed by atoms with Gasteiger partial charge in [0.05, 0.1) is 6.61 Å². The Balaban J connectivity index is 1.74. The third-order valence-corrected chi connectivity index (χ3v) is 3.58. The summed E-state index contributed by atoms with van der Waals surface area (Å²) in [4.78, 5) is 14.1. The summed E-state index contributed by atoms with van der Waals surface area (Å²) in [7, 11) is 0. The number of amides is 2. The van der Waals surface area contributed by atoms with Gasteiger partial charge in [0.1, 0.15) is 0 Å². The highest BCUT2D eigenvalue weighted by molar-refractivity contribution is 6.30. The van der Waals surface area contributed by atoms with Crippen LogP contribution in [0.2, 0.25) is 5.02 Å². The first-order valence-corrected chi connectivity index (χ1v) is 7.11. The van der Waals surface area contributed by atoms with Crippen LogP contribution in [0.1, 0.15) is 11.8 Å². The van der Waals surface area contributed by atoms with Crippen molar-refractivity contribution in [3.63, 3.8) is 0 Å². The van der Waals surface area contributed by atoms with Gasteiger partial charge in [0.2, 0.25) is 0 Å². The molecule has 2 amide bonds. The van der Waals surface area contributed by atoms with Crippen LogP contribution < -0.4 is 5.32 Å². The molecule has 1 saturated heterocycles. The van der Waals surface area contributed by atoms with E-state index in [1.54, 1.807) is 17.0 Å². The molecule has 21 heavy (non-hydrogen) atoms. The Morgan fingerprint density at radius 3 is 2.57 bits per heavy atom. The minimum Gasteiger partial charge on any atom is -0.352 e. The van der Waals surface area contributed by atoms with Crippen molar-refractivity contribution >= 4 is 23.3 Å². The number of hydrogen-bond donors (Lipinski definition) is 1. The third kappa shape index (κ3) is 3.17. The lowest BCUT2D eigenvalue weighted by Crippen LogP contribution is -2.34. The molecule has 1 heterocycles. The average Bonchev–Trinajstić information content (AvgIpc) is 2.98. The standard InChI is InChI=1S/C16H15ClN2O2/c17-13-8-6-12(7-9-13)15-19(10-11-21-15)16(20)18-14-4-2-1-3-5-14/h1-9,15H,10-11H2,(H,18,20). The average molecular weight is 303 g/mol. The summed E-state index contributed by atoms with van der Waals surface area (Å²) in [6.07, 6.45) is -0.369. The van der Waals surface area contributed by atoms with Crippen molar-refractivity contribution in [2.24, 2.45) is 0 Å². The molecule has 1 fully saturated rings. The highest BCUT2D eigenvalue weighted by Gasteiger charge is 2.30. The van der Waals surface area contributed by atoms with Crippen LogP contribution in [-0.2, 0) is 4.74 Å². The molecule has 0 bridgehead atoms. The van der Waals surface area contributed by atoms with E-state index in [9.17, 15) is 4.79 Å². The summed E-state index contributed by atoms with van der Waals surface area (Å²) in [5, 5.41) is 3.54. The first kappa shape index (κ1) is 13.9. The smallest absolute Gasteiger partial charge is 0.324 e. The van der Waals surface area contributed by atoms with E-state index < -0.39 is 0 Å². The SMILES string of the molecule is O=C(Nc1ccccc1)N1CCOC1c1ccc(Cl)cc1. The van der Waals surface area contributed by atoms with E-state index in [1.165, 1.54) is 0 Å². The van der Waals surface area contributed by atoms with Crippen molar-refractivity contribution < 1.29 is 9.53 Å². The fourth-order valence-corrected chi connectivity index (χ4v) is 2.42. The number of anilines is 1. The summed E-state index contributed by atoms with van der Waals surface area (Å²) in [5.41, 5.74) is 1.68. The Labute approximate surface area is 128 Å². The van der Waals surface area contributed by atoms with Crippen LogP contribution in [0.3, 0.4) is 0 Å². The summed E-state index contributed by atoms with van der Waals surface area (Å²) < 4.78 is 5.67. The van der Waals surface area contributed by atoms with Crippen LogP contribution in [-0.4, -0.2) is 24.1 Å². The molecule has 1 unspecified atom stereocenters. The first-order valence-electron chi connectivity index (χ1n) is 6.74. The quantitative estimate of drug-likeness (QED) is 0.914. The maximum atomic E-state index is 12.4. The first-order chi connectivity index (χ1) is 10.2. The summed E-state index contributed by atoms with van der Waals surface area (Å²) >= 11 is 5.89. The van der Waals surface area contributed by atoms with Gasteiger partial charge in [-0.3, -0.25) is 4.90 Å². The zero-order valence-electron chi connectivity index (χ0n) is 11.3. The van der Waals surface area contributed by atoms with Crippen LogP contribution in [0.4, 0.5) is 10.5 Å². The summed E-state index contributed by atoms with van der Waals surface area (Å²) in [6, 6.07) is 16.6. The number of carbonyl (C=O) groups excluding carboxylic acids is 1. The van der Waals surface area contributed by atoms with Gasteiger partial charge in [-0.25, -0.2) is 4.79 Å². The van der Waals surface area contributed by atoms with Gasteiger partial charge < -0.3 is 10.1 Å². The molecular weight excluding hydrogens is 288 g/mol. The maximum Gasteiger partial charge on any atom is 0.324 e. The van der Waals surface area contributed by atoms with E-state index in [0.29, 0.717) is 18.2 Å². The lowest BCUT2D eigenvalue weighted by atomic mass is 10.2. The maximum absolute atomic E-state index is 12.4. The second-order valence-corrected chi connectivity index (χ2v) is 5.20. The predicted octanol–water partition coefficient (Wildman–Crippen LogP) is 3.90. The highest BCUT2D eigenvalue weighted by atomic mass is 35.5. The number of carbonyl (C=O) groups is 1. The van der Waals surface area contributed by atoms with E-state index in [-0.39, 0.29) is 12.3 Å². The molecule has 0 aromatic heterocycles. The number of benzene rings is 2. The Kier molecular flexibility index (Phi) is 4.08. The van der Waals surface area contributed by atoms with Crippen molar-refractivity contribution in [2.75, 3.05) is 18.5 Å². The second-order valence-electron chi connectivity index (χ2n) is 4.76. The molecule has 108 valence electrons. The van der Waals surface area contributed by atoms with Crippen LogP contribution in [0.15, 0.2) is 54.6 Å². The van der Waals surface area contributed by atoms with Gasteiger partial charge in [0, 0.05) is 22.8 Å². The van der Waals surface area contributed by atoms with E-state index in [0.717, 1.165) is 11.3 Å². The fourth-order valence-electron chi connectivity index (χ4n) is 2.30. The summed E-state index contributed by atoms with van der Waals surface area (Å²) in [6.45, 7) is 1.08. The Bertz CT molecular complexity index is 616. The molecule has 1 N–H and O–H groups in total. The zero-order valence-corrected chi connectivity index (χ0v) is 12.1. The number of para-hydroxylation sites is 1. The molecule has 5 heteroatoms. The van der Waals surface area contributed by atoms with Gasteiger partial charge in [-0.2, -0.15) is 0 Å². The van der Waals surface area contributed by atoms with Crippen LogP contribution >= 0.6 is 11.6 Å². The second kappa shape index (κ2) is 6.16. The number of ether oxygens (including phenoxy) is 1. The van der Waals surface area contributed by atoms with Gasteiger partial charge in [-0.05, 0) is 24.3 Å². The molecule has 0 saturated carbocycles. The molecule has 2 aromatic carbocycles. The monoisotopic (exact) mass is 302 g/mol. The van der Waals surface area contributed by atoms with Crippen molar-refractivity contribution in [3.05, 3.63) is 65.2 Å². The highest BCUT2D eigenvalue weighted by Crippen LogP contribution is 2.28. The van der Waals surface area contributed by atoms with Crippen molar-refractivity contribution in [3.8, 4) is 0 Å². The van der Waals surface area contributed by atoms with Crippen molar-refractivity contribution in [1.29, 1.82) is 0 Å². The molecule has 2 aromatic rings. The number of nitrogens with zero attached hydrogens (tertiary/aromatic N) is 1. The van der Waals surface area contributed by atoms with Crippen LogP contribution in [0.5, 0.6) is 0 Å². The summed E-state index contributed by atoms with van der Waals surface area (Å²) in [5.74, 6) is 0. The minimum absolute atomic E-state index is 0.168. The topological polar surface area (TPSA) is 41.6 Å². The molecule has 1 aliphatic rings. The van der Waals surface area contributed by atoms with Gasteiger partial charge in [0.25, 0.3) is 0 Å². The van der Waals surface area contributed by atoms with Crippen LogP contribution in [0, 0.1) is 0 Å². The van der Waals surface area contributed by atoms with E-state index in [2.05, 4.69) is 5.32 Å². The number of urea groups is 1. The molecule has 0 spiro atoms. The molecular formula is C16H15ClN2O2. The van der Waals surface area contributed by atoms with Crippen molar-refractivity contribution in [1.82, 2.24) is 4.90 Å². The molecule has 0 aliphatic carbocycles. The predicted molar refractivity (Wildman–Crippen MR) is 82.3 cm³/mol. The molecule has 1 aliphatic heterocycles. The normalized spacial score (nSPS) is 17.8.